The predicted octanol–water partition coefficient (Wildman–Crippen LogP) is 3.52. The molecule has 0 N–H and O–H groups in total. The average molecular weight is 248 g/mol. The largest absolute Gasteiger partial charge is 0.318 e. The van der Waals surface area contributed by atoms with E-state index in [9.17, 15) is 4.79 Å². The zero-order chi connectivity index (χ0) is 12.4. The lowest BCUT2D eigenvalue weighted by molar-refractivity contribution is 0.102. The molecule has 1 aromatic carbocycles. The molecule has 1 aromatic heterocycles. The molecule has 0 aliphatic carbocycles. The number of aromatic nitrogens is 1. The first-order chi connectivity index (χ1) is 8.15. The van der Waals surface area contributed by atoms with Crippen molar-refractivity contribution in [2.24, 2.45) is 0 Å². The SMILES string of the molecule is Cc1cc(C(=O)CCl)c(C)n1-c1ccccc1. The van der Waals surface area contributed by atoms with Crippen molar-refractivity contribution in [1.82, 2.24) is 4.57 Å². The fraction of sp³-hybridized carbons (Fsp3) is 0.214. The Kier molecular flexibility index (Phi) is 3.34. The van der Waals surface area contributed by atoms with Gasteiger partial charge in [-0.15, -0.1) is 11.6 Å². The molecule has 0 saturated carbocycles. The third-order valence-corrected chi connectivity index (χ3v) is 3.11. The second-order valence-corrected chi connectivity index (χ2v) is 4.28. The van der Waals surface area contributed by atoms with Gasteiger partial charge in [0, 0.05) is 22.6 Å². The summed E-state index contributed by atoms with van der Waals surface area (Å²) in [4.78, 5) is 11.7. The Morgan fingerprint density at radius 1 is 1.24 bits per heavy atom. The van der Waals surface area contributed by atoms with E-state index < -0.39 is 0 Å². The molecule has 2 rings (SSSR count). The minimum atomic E-state index is -0.0260. The highest BCUT2D eigenvalue weighted by atomic mass is 35.5. The van der Waals surface area contributed by atoms with Crippen molar-refractivity contribution in [3.63, 3.8) is 0 Å². The smallest absolute Gasteiger partial charge is 0.179 e. The topological polar surface area (TPSA) is 22.0 Å². The minimum absolute atomic E-state index is 0.0260. The van der Waals surface area contributed by atoms with Crippen molar-refractivity contribution in [2.75, 3.05) is 5.88 Å². The summed E-state index contributed by atoms with van der Waals surface area (Å²) in [5, 5.41) is 0. The Hall–Kier alpha value is -1.54. The number of alkyl halides is 1. The second-order valence-electron chi connectivity index (χ2n) is 4.01. The van der Waals surface area contributed by atoms with E-state index in [1.807, 2.05) is 50.2 Å². The summed E-state index contributed by atoms with van der Waals surface area (Å²) < 4.78 is 2.07. The molecular weight excluding hydrogens is 234 g/mol. The second kappa shape index (κ2) is 4.76. The van der Waals surface area contributed by atoms with Gasteiger partial charge in [-0.25, -0.2) is 0 Å². The highest BCUT2D eigenvalue weighted by molar-refractivity contribution is 6.30. The Morgan fingerprint density at radius 3 is 2.47 bits per heavy atom. The quantitative estimate of drug-likeness (QED) is 0.601. The van der Waals surface area contributed by atoms with Crippen molar-refractivity contribution < 1.29 is 4.79 Å². The molecular formula is C14H14ClNO. The minimum Gasteiger partial charge on any atom is -0.318 e. The number of Topliss-reactive ketones (excluding diaryl/α,β-unsaturated/α-hetero) is 1. The zero-order valence-electron chi connectivity index (χ0n) is 9.90. The van der Waals surface area contributed by atoms with E-state index in [0.29, 0.717) is 5.56 Å². The Bertz CT molecular complexity index is 543. The van der Waals surface area contributed by atoms with E-state index in [4.69, 9.17) is 11.6 Å². The number of carbonyl (C=O) groups excluding carboxylic acids is 1. The van der Waals surface area contributed by atoms with Gasteiger partial charge in [0.25, 0.3) is 0 Å². The molecule has 1 heterocycles. The predicted molar refractivity (Wildman–Crippen MR) is 70.3 cm³/mol. The first kappa shape index (κ1) is 11.9. The molecule has 0 radical (unpaired) electrons. The van der Waals surface area contributed by atoms with Crippen LogP contribution in [0.1, 0.15) is 21.7 Å². The Morgan fingerprint density at radius 2 is 1.88 bits per heavy atom. The molecule has 0 aliphatic heterocycles. The van der Waals surface area contributed by atoms with Crippen LogP contribution in [0.15, 0.2) is 36.4 Å². The molecule has 88 valence electrons. The van der Waals surface area contributed by atoms with Crippen molar-refractivity contribution in [3.05, 3.63) is 53.3 Å². The molecule has 2 aromatic rings. The van der Waals surface area contributed by atoms with Crippen molar-refractivity contribution in [3.8, 4) is 5.69 Å². The lowest BCUT2D eigenvalue weighted by Crippen LogP contribution is -2.04. The van der Waals surface area contributed by atoms with Crippen LogP contribution in [0.3, 0.4) is 0 Å². The van der Waals surface area contributed by atoms with E-state index in [2.05, 4.69) is 4.57 Å². The molecule has 0 aliphatic rings. The molecule has 3 heteroatoms. The van der Waals surface area contributed by atoms with Gasteiger partial charge in [0.15, 0.2) is 5.78 Å². The third kappa shape index (κ3) is 2.13. The van der Waals surface area contributed by atoms with Gasteiger partial charge in [0.1, 0.15) is 0 Å². The molecule has 2 nitrogen and oxygen atoms in total. The van der Waals surface area contributed by atoms with Gasteiger partial charge in [0.05, 0.1) is 5.88 Å². The summed E-state index contributed by atoms with van der Waals surface area (Å²) in [7, 11) is 0. The molecule has 0 amide bonds. The van der Waals surface area contributed by atoms with E-state index in [1.165, 1.54) is 0 Å². The molecule has 17 heavy (non-hydrogen) atoms. The van der Waals surface area contributed by atoms with Gasteiger partial charge < -0.3 is 4.57 Å². The number of carbonyl (C=O) groups is 1. The summed E-state index contributed by atoms with van der Waals surface area (Å²) in [6.07, 6.45) is 0. The summed E-state index contributed by atoms with van der Waals surface area (Å²) in [5.74, 6) is 0.000894. The van der Waals surface area contributed by atoms with Crippen LogP contribution in [0.4, 0.5) is 0 Å². The highest BCUT2D eigenvalue weighted by Crippen LogP contribution is 2.21. The summed E-state index contributed by atoms with van der Waals surface area (Å²) in [6.45, 7) is 3.94. The van der Waals surface area contributed by atoms with Gasteiger partial charge in [-0.05, 0) is 32.0 Å². The number of ketones is 1. The number of aryl methyl sites for hydroxylation is 1. The van der Waals surface area contributed by atoms with Crippen LogP contribution in [-0.2, 0) is 0 Å². The molecule has 0 atom stereocenters. The summed E-state index contributed by atoms with van der Waals surface area (Å²) in [5.41, 5.74) is 3.76. The fourth-order valence-corrected chi connectivity index (χ4v) is 2.24. The van der Waals surface area contributed by atoms with Gasteiger partial charge >= 0.3 is 0 Å². The lowest BCUT2D eigenvalue weighted by atomic mass is 10.2. The van der Waals surface area contributed by atoms with E-state index in [-0.39, 0.29) is 11.7 Å². The van der Waals surface area contributed by atoms with Gasteiger partial charge in [-0.1, -0.05) is 18.2 Å². The number of hydrogen-bond donors (Lipinski definition) is 0. The molecule has 0 spiro atoms. The van der Waals surface area contributed by atoms with E-state index in [1.54, 1.807) is 0 Å². The monoisotopic (exact) mass is 247 g/mol. The summed E-state index contributed by atoms with van der Waals surface area (Å²) >= 11 is 5.61. The maximum atomic E-state index is 11.7. The first-order valence-electron chi connectivity index (χ1n) is 5.48. The molecule has 0 unspecified atom stereocenters. The Labute approximate surface area is 106 Å². The van der Waals surface area contributed by atoms with Crippen molar-refractivity contribution in [1.29, 1.82) is 0 Å². The van der Waals surface area contributed by atoms with Crippen molar-refractivity contribution >= 4 is 17.4 Å². The number of hydrogen-bond acceptors (Lipinski definition) is 1. The number of benzene rings is 1. The third-order valence-electron chi connectivity index (χ3n) is 2.87. The number of nitrogens with zero attached hydrogens (tertiary/aromatic N) is 1. The average Bonchev–Trinajstić information content (AvgIpc) is 2.65. The zero-order valence-corrected chi connectivity index (χ0v) is 10.7. The van der Waals surface area contributed by atoms with Gasteiger partial charge in [0.2, 0.25) is 0 Å². The number of halogens is 1. The standard InChI is InChI=1S/C14H14ClNO/c1-10-8-13(14(17)9-15)11(2)16(10)12-6-4-3-5-7-12/h3-8H,9H2,1-2H3. The number of rotatable bonds is 3. The van der Waals surface area contributed by atoms with Crippen LogP contribution in [0.2, 0.25) is 0 Å². The highest BCUT2D eigenvalue weighted by Gasteiger charge is 2.15. The summed E-state index contributed by atoms with van der Waals surface area (Å²) in [6, 6.07) is 11.9. The van der Waals surface area contributed by atoms with Crippen LogP contribution in [-0.4, -0.2) is 16.2 Å². The maximum Gasteiger partial charge on any atom is 0.179 e. The lowest BCUT2D eigenvalue weighted by Gasteiger charge is -2.09. The van der Waals surface area contributed by atoms with Crippen LogP contribution < -0.4 is 0 Å². The molecule has 0 fully saturated rings. The first-order valence-corrected chi connectivity index (χ1v) is 6.02. The Balaban J connectivity index is 2.57. The molecule has 0 bridgehead atoms. The maximum absolute atomic E-state index is 11.7. The van der Waals surface area contributed by atoms with Crippen LogP contribution in [0.5, 0.6) is 0 Å². The van der Waals surface area contributed by atoms with Gasteiger partial charge in [-0.3, -0.25) is 4.79 Å². The number of para-hydroxylation sites is 1. The van der Waals surface area contributed by atoms with Crippen molar-refractivity contribution in [2.45, 2.75) is 13.8 Å². The normalized spacial score (nSPS) is 10.5. The van der Waals surface area contributed by atoms with Crippen LogP contribution in [0, 0.1) is 13.8 Å². The van der Waals surface area contributed by atoms with E-state index in [0.717, 1.165) is 17.1 Å². The van der Waals surface area contributed by atoms with Crippen LogP contribution >= 0.6 is 11.6 Å². The fourth-order valence-electron chi connectivity index (χ4n) is 2.09. The van der Waals surface area contributed by atoms with E-state index >= 15 is 0 Å². The van der Waals surface area contributed by atoms with Crippen LogP contribution in [0.25, 0.3) is 5.69 Å². The van der Waals surface area contributed by atoms with Gasteiger partial charge in [-0.2, -0.15) is 0 Å². The molecule has 0 saturated heterocycles.